The molecule has 0 aromatic rings. The molecule has 0 aliphatic carbocycles. The molecule has 2 heterocycles. The van der Waals surface area contributed by atoms with Crippen molar-refractivity contribution in [1.29, 1.82) is 0 Å². The Morgan fingerprint density at radius 1 is 0.600 bits per heavy atom. The number of aliphatic hydroxyl groups is 1. The van der Waals surface area contributed by atoms with Crippen LogP contribution in [-0.2, 0) is 47.7 Å². The van der Waals surface area contributed by atoms with Crippen LogP contribution >= 0.6 is 0 Å². The molecule has 2 aliphatic rings. The van der Waals surface area contributed by atoms with E-state index in [1.165, 1.54) is 12.8 Å². The molecule has 0 bridgehead atoms. The summed E-state index contributed by atoms with van der Waals surface area (Å²) in [6.07, 6.45) is 13.5. The molecule has 2 aliphatic heterocycles. The van der Waals surface area contributed by atoms with Crippen LogP contribution in [0.1, 0.15) is 155 Å². The van der Waals surface area contributed by atoms with Crippen molar-refractivity contribution in [1.82, 2.24) is 0 Å². The van der Waals surface area contributed by atoms with E-state index in [9.17, 15) is 44.1 Å². The fourth-order valence-corrected chi connectivity index (χ4v) is 6.96. The Morgan fingerprint density at radius 2 is 0.920 bits per heavy atom. The number of carbonyl (C=O) groups excluding carboxylic acids is 4. The lowest BCUT2D eigenvalue weighted by molar-refractivity contribution is -0.192. The first-order chi connectivity index (χ1) is 23.9. The highest BCUT2D eigenvalue weighted by Crippen LogP contribution is 2.40. The van der Waals surface area contributed by atoms with Crippen molar-refractivity contribution >= 4 is 35.8 Å². The van der Waals surface area contributed by atoms with Crippen molar-refractivity contribution in [3.05, 3.63) is 0 Å². The van der Waals surface area contributed by atoms with E-state index in [-0.39, 0.29) is 38.5 Å². The number of esters is 4. The number of ether oxygens (including phenoxy) is 4. The Bertz CT molecular complexity index is 1020. The highest BCUT2D eigenvalue weighted by atomic mass is 16.6. The zero-order chi connectivity index (χ0) is 37.0. The number of carbonyl (C=O) groups is 6. The van der Waals surface area contributed by atoms with Gasteiger partial charge in [-0.05, 0) is 12.8 Å². The van der Waals surface area contributed by atoms with Crippen molar-refractivity contribution in [3.63, 3.8) is 0 Å². The van der Waals surface area contributed by atoms with Crippen molar-refractivity contribution in [3.8, 4) is 0 Å². The van der Waals surface area contributed by atoms with E-state index < -0.39 is 78.2 Å². The van der Waals surface area contributed by atoms with Crippen LogP contribution in [0.25, 0.3) is 0 Å². The van der Waals surface area contributed by atoms with Gasteiger partial charge < -0.3 is 34.3 Å². The Hall–Kier alpha value is -3.22. The van der Waals surface area contributed by atoms with E-state index in [4.69, 9.17) is 18.9 Å². The Labute approximate surface area is 296 Å². The Balaban J connectivity index is 1.96. The van der Waals surface area contributed by atoms with Crippen molar-refractivity contribution < 1.29 is 63.0 Å². The van der Waals surface area contributed by atoms with E-state index in [2.05, 4.69) is 13.8 Å². The highest BCUT2D eigenvalue weighted by molar-refractivity contribution is 5.93. The van der Waals surface area contributed by atoms with Crippen LogP contribution in [-0.4, -0.2) is 81.7 Å². The van der Waals surface area contributed by atoms with E-state index in [1.54, 1.807) is 0 Å². The minimum atomic E-state index is -2.05. The molecule has 13 nitrogen and oxygen atoms in total. The Kier molecular flexibility index (Phi) is 19.4. The van der Waals surface area contributed by atoms with Crippen molar-refractivity contribution in [2.75, 3.05) is 13.2 Å². The summed E-state index contributed by atoms with van der Waals surface area (Å²) < 4.78 is 21.2. The molecule has 0 saturated carbocycles. The van der Waals surface area contributed by atoms with Crippen LogP contribution in [0, 0.1) is 11.8 Å². The summed E-state index contributed by atoms with van der Waals surface area (Å²) in [6, 6.07) is 0. The van der Waals surface area contributed by atoms with Gasteiger partial charge in [0.2, 0.25) is 11.2 Å². The molecular formula is C37H60O13. The first-order valence-electron chi connectivity index (χ1n) is 18.8. The molecule has 0 aromatic carbocycles. The van der Waals surface area contributed by atoms with E-state index >= 15 is 0 Å². The molecule has 286 valence electrons. The van der Waals surface area contributed by atoms with Crippen molar-refractivity contribution in [2.45, 2.75) is 172 Å². The number of rotatable bonds is 28. The van der Waals surface area contributed by atoms with Gasteiger partial charge in [0.05, 0.1) is 0 Å². The van der Waals surface area contributed by atoms with Gasteiger partial charge in [0, 0.05) is 25.7 Å². The van der Waals surface area contributed by atoms with Crippen LogP contribution in [0.5, 0.6) is 0 Å². The first kappa shape index (κ1) is 42.9. The number of aliphatic hydroxyl groups excluding tert-OH is 1. The van der Waals surface area contributed by atoms with Gasteiger partial charge in [0.1, 0.15) is 31.2 Å². The summed E-state index contributed by atoms with van der Waals surface area (Å²) >= 11 is 0. The molecule has 0 radical (unpaired) electrons. The third-order valence-electron chi connectivity index (χ3n) is 9.91. The lowest BCUT2D eigenvalue weighted by atomic mass is 9.81. The molecule has 50 heavy (non-hydrogen) atoms. The molecule has 13 heteroatoms. The van der Waals surface area contributed by atoms with Gasteiger partial charge >= 0.3 is 35.8 Å². The molecular weight excluding hydrogens is 652 g/mol. The van der Waals surface area contributed by atoms with Gasteiger partial charge in [0.15, 0.2) is 0 Å². The van der Waals surface area contributed by atoms with Crippen LogP contribution in [0.3, 0.4) is 0 Å². The van der Waals surface area contributed by atoms with E-state index in [0.717, 1.165) is 77.0 Å². The maximum Gasteiger partial charge on any atom is 0.351 e. The summed E-state index contributed by atoms with van der Waals surface area (Å²) in [6.45, 7) is 2.84. The molecule has 5 atom stereocenters. The van der Waals surface area contributed by atoms with Gasteiger partial charge in [-0.15, -0.1) is 0 Å². The fraction of sp³-hybridized carbons (Fsp3) is 0.838. The molecule has 2 saturated heterocycles. The standard InChI is InChI=1S/C37H60O13/c1-3-5-7-9-11-13-15-17-19-28(32(41)42)36(23-21-30(39)49-36)34(45)47-25-27(38)26-48-35(46)37(24-22-31(40)50-37)29(33(43)44)20-18-16-14-12-10-8-6-4-2/h27-29,38H,3-26H2,1-2H3,(H,41,42)(H,43,44)/t27?,28-,29+,36-,37-/m0/s1. The normalized spacial score (nSPS) is 22.0. The third-order valence-corrected chi connectivity index (χ3v) is 9.91. The molecule has 1 unspecified atom stereocenters. The summed E-state index contributed by atoms with van der Waals surface area (Å²) in [5, 5.41) is 30.6. The number of aliphatic carboxylic acids is 2. The quantitative estimate of drug-likeness (QED) is 0.0482. The SMILES string of the molecule is CCCCCCCCCC[C@H](C(=O)O)[C@]1(C(=O)OCC(O)COC(=O)[C@@]2([C@@H](CCCCCCCCCC)C(=O)O)CCC(=O)O2)CCC(=O)O1. The molecule has 3 N–H and O–H groups in total. The predicted molar refractivity (Wildman–Crippen MR) is 181 cm³/mol. The van der Waals surface area contributed by atoms with Crippen molar-refractivity contribution in [2.24, 2.45) is 11.8 Å². The maximum absolute atomic E-state index is 13.3. The smallest absolute Gasteiger partial charge is 0.351 e. The van der Waals surface area contributed by atoms with Crippen LogP contribution in [0.4, 0.5) is 0 Å². The minimum absolute atomic E-state index is 0.0946. The molecule has 0 aromatic heterocycles. The van der Waals surface area contributed by atoms with E-state index in [1.807, 2.05) is 0 Å². The topological polar surface area (TPSA) is 200 Å². The molecule has 0 spiro atoms. The molecule has 2 fully saturated rings. The second kappa shape index (κ2) is 22.6. The average molecular weight is 713 g/mol. The average Bonchev–Trinajstić information content (AvgIpc) is 3.67. The maximum atomic E-state index is 13.3. The third kappa shape index (κ3) is 13.2. The largest absolute Gasteiger partial charge is 0.481 e. The number of carboxylic acids is 2. The number of cyclic esters (lactones) is 2. The monoisotopic (exact) mass is 712 g/mol. The van der Waals surface area contributed by atoms with Gasteiger partial charge in [-0.1, -0.05) is 117 Å². The number of hydrogen-bond acceptors (Lipinski definition) is 11. The first-order valence-corrected chi connectivity index (χ1v) is 18.8. The summed E-state index contributed by atoms with van der Waals surface area (Å²) in [5.41, 5.74) is -4.10. The minimum Gasteiger partial charge on any atom is -0.481 e. The Morgan fingerprint density at radius 3 is 1.20 bits per heavy atom. The predicted octanol–water partition coefficient (Wildman–Crippen LogP) is 6.05. The number of carboxylic acid groups (broad SMARTS) is 2. The van der Waals surface area contributed by atoms with Crippen LogP contribution in [0.15, 0.2) is 0 Å². The lowest BCUT2D eigenvalue weighted by Crippen LogP contribution is -2.51. The summed E-state index contributed by atoms with van der Waals surface area (Å²) in [5.74, 6) is -8.97. The molecule has 2 rings (SSSR count). The number of hydrogen-bond donors (Lipinski definition) is 3. The van der Waals surface area contributed by atoms with Gasteiger partial charge in [0.25, 0.3) is 0 Å². The summed E-state index contributed by atoms with van der Waals surface area (Å²) in [4.78, 5) is 75.5. The zero-order valence-corrected chi connectivity index (χ0v) is 30.1. The van der Waals surface area contributed by atoms with Crippen LogP contribution in [0.2, 0.25) is 0 Å². The van der Waals surface area contributed by atoms with E-state index in [0.29, 0.717) is 12.8 Å². The van der Waals surface area contributed by atoms with Gasteiger partial charge in [-0.25, -0.2) is 9.59 Å². The lowest BCUT2D eigenvalue weighted by Gasteiger charge is -2.32. The molecule has 0 amide bonds. The second-order valence-electron chi connectivity index (χ2n) is 13.9. The van der Waals surface area contributed by atoms with Gasteiger partial charge in [-0.2, -0.15) is 0 Å². The summed E-state index contributed by atoms with van der Waals surface area (Å²) in [7, 11) is 0. The van der Waals surface area contributed by atoms with Crippen LogP contribution < -0.4 is 0 Å². The van der Waals surface area contributed by atoms with Gasteiger partial charge in [-0.3, -0.25) is 19.2 Å². The zero-order valence-electron chi connectivity index (χ0n) is 30.1. The number of unbranched alkanes of at least 4 members (excludes halogenated alkanes) is 14. The highest BCUT2D eigenvalue weighted by Gasteiger charge is 2.58. The fourth-order valence-electron chi connectivity index (χ4n) is 6.96. The second-order valence-corrected chi connectivity index (χ2v) is 13.9.